The minimum Gasteiger partial charge on any atom is -0.497 e. The highest BCUT2D eigenvalue weighted by molar-refractivity contribution is 8.00. The lowest BCUT2D eigenvalue weighted by Gasteiger charge is -2.14. The van der Waals surface area contributed by atoms with E-state index in [2.05, 4.69) is 15.5 Å². The van der Waals surface area contributed by atoms with Gasteiger partial charge in [-0.15, -0.1) is 10.2 Å². The van der Waals surface area contributed by atoms with Gasteiger partial charge in [-0.1, -0.05) is 17.8 Å². The summed E-state index contributed by atoms with van der Waals surface area (Å²) >= 11 is 1.37. The quantitative estimate of drug-likeness (QED) is 0.827. The first kappa shape index (κ1) is 16.4. The van der Waals surface area contributed by atoms with E-state index in [1.54, 1.807) is 13.4 Å². The highest BCUT2D eigenvalue weighted by Gasteiger charge is 2.18. The van der Waals surface area contributed by atoms with E-state index in [9.17, 15) is 4.79 Å². The third-order valence-electron chi connectivity index (χ3n) is 2.93. The molecular weight excluding hydrogens is 300 g/mol. The maximum Gasteiger partial charge on any atom is 0.233 e. The molecule has 1 aromatic heterocycles. The predicted molar refractivity (Wildman–Crippen MR) is 86.5 cm³/mol. The van der Waals surface area contributed by atoms with Gasteiger partial charge in [-0.25, -0.2) is 0 Å². The van der Waals surface area contributed by atoms with Crippen molar-refractivity contribution in [1.29, 1.82) is 0 Å². The number of hydrogen-bond acceptors (Lipinski definition) is 5. The lowest BCUT2D eigenvalue weighted by molar-refractivity contribution is -0.120. The number of carbonyl (C=O) groups excluding carboxylic acids is 1. The summed E-state index contributed by atoms with van der Waals surface area (Å²) in [6, 6.07) is 7.73. The van der Waals surface area contributed by atoms with Crippen LogP contribution in [0.15, 0.2) is 35.7 Å². The zero-order chi connectivity index (χ0) is 16.1. The normalized spacial score (nSPS) is 12.2. The lowest BCUT2D eigenvalue weighted by atomic mass is 10.3. The van der Waals surface area contributed by atoms with Crippen molar-refractivity contribution in [1.82, 2.24) is 20.1 Å². The van der Waals surface area contributed by atoms with Gasteiger partial charge < -0.3 is 10.1 Å². The second kappa shape index (κ2) is 7.31. The third-order valence-corrected chi connectivity index (χ3v) is 3.99. The van der Waals surface area contributed by atoms with E-state index in [0.29, 0.717) is 5.16 Å². The Hall–Kier alpha value is -2.02. The first-order chi connectivity index (χ1) is 10.5. The van der Waals surface area contributed by atoms with Crippen molar-refractivity contribution in [3.05, 3.63) is 30.6 Å². The van der Waals surface area contributed by atoms with Gasteiger partial charge in [-0.05, 0) is 32.9 Å². The Morgan fingerprint density at radius 3 is 2.82 bits per heavy atom. The average Bonchev–Trinajstić information content (AvgIpc) is 2.94. The van der Waals surface area contributed by atoms with Crippen molar-refractivity contribution in [3.63, 3.8) is 0 Å². The lowest BCUT2D eigenvalue weighted by Crippen LogP contribution is -2.36. The van der Waals surface area contributed by atoms with E-state index in [1.165, 1.54) is 11.8 Å². The highest BCUT2D eigenvalue weighted by atomic mass is 32.2. The van der Waals surface area contributed by atoms with Gasteiger partial charge in [0.15, 0.2) is 5.16 Å². The molecule has 118 valence electrons. The van der Waals surface area contributed by atoms with Crippen molar-refractivity contribution in [2.24, 2.45) is 0 Å². The van der Waals surface area contributed by atoms with Crippen LogP contribution in [0.5, 0.6) is 5.75 Å². The molecule has 0 saturated carbocycles. The number of hydrogen-bond donors (Lipinski definition) is 1. The molecule has 1 aromatic carbocycles. The summed E-state index contributed by atoms with van der Waals surface area (Å²) in [6.45, 7) is 5.73. The summed E-state index contributed by atoms with van der Waals surface area (Å²) in [7, 11) is 1.62. The van der Waals surface area contributed by atoms with Crippen LogP contribution in [-0.2, 0) is 4.79 Å². The summed E-state index contributed by atoms with van der Waals surface area (Å²) in [5.74, 6) is 0.743. The second-order valence-electron chi connectivity index (χ2n) is 5.11. The molecule has 0 aliphatic heterocycles. The molecule has 0 aliphatic carbocycles. The van der Waals surface area contributed by atoms with Crippen LogP contribution in [0.2, 0.25) is 0 Å². The minimum absolute atomic E-state index is 0.0137. The number of nitrogens with zero attached hydrogens (tertiary/aromatic N) is 3. The molecule has 22 heavy (non-hydrogen) atoms. The van der Waals surface area contributed by atoms with E-state index in [0.717, 1.165) is 11.4 Å². The summed E-state index contributed by atoms with van der Waals surface area (Å²) in [4.78, 5) is 12.0. The third kappa shape index (κ3) is 4.00. The zero-order valence-corrected chi connectivity index (χ0v) is 13.9. The number of benzene rings is 1. The number of carbonyl (C=O) groups is 1. The van der Waals surface area contributed by atoms with Crippen molar-refractivity contribution >= 4 is 17.7 Å². The molecule has 0 saturated heterocycles. The molecule has 2 rings (SSSR count). The number of thioether (sulfide) groups is 1. The van der Waals surface area contributed by atoms with Crippen LogP contribution in [0.1, 0.15) is 20.8 Å². The molecule has 0 spiro atoms. The Morgan fingerprint density at radius 2 is 2.14 bits per heavy atom. The predicted octanol–water partition coefficient (Wildman–Crippen LogP) is 2.28. The number of rotatable bonds is 6. The molecule has 1 heterocycles. The second-order valence-corrected chi connectivity index (χ2v) is 6.42. The van der Waals surface area contributed by atoms with Crippen LogP contribution in [0.4, 0.5) is 0 Å². The van der Waals surface area contributed by atoms with Gasteiger partial charge >= 0.3 is 0 Å². The van der Waals surface area contributed by atoms with Crippen molar-refractivity contribution in [3.8, 4) is 11.4 Å². The van der Waals surface area contributed by atoms with Crippen molar-refractivity contribution < 1.29 is 9.53 Å². The van der Waals surface area contributed by atoms with Gasteiger partial charge in [0.2, 0.25) is 5.91 Å². The van der Waals surface area contributed by atoms with Gasteiger partial charge in [0.1, 0.15) is 12.1 Å². The summed E-state index contributed by atoms with van der Waals surface area (Å²) in [5, 5.41) is 11.4. The molecular formula is C15H20N4O2S. The highest BCUT2D eigenvalue weighted by Crippen LogP contribution is 2.25. The van der Waals surface area contributed by atoms with Crippen LogP contribution in [0.3, 0.4) is 0 Å². The van der Waals surface area contributed by atoms with E-state index >= 15 is 0 Å². The molecule has 0 aliphatic rings. The Morgan fingerprint density at radius 1 is 1.36 bits per heavy atom. The molecule has 1 amide bonds. The topological polar surface area (TPSA) is 69.0 Å². The summed E-state index contributed by atoms with van der Waals surface area (Å²) in [5.41, 5.74) is 0.892. The maximum atomic E-state index is 12.0. The number of amides is 1. The first-order valence-corrected chi connectivity index (χ1v) is 7.90. The van der Waals surface area contributed by atoms with Crippen LogP contribution in [0.25, 0.3) is 5.69 Å². The van der Waals surface area contributed by atoms with E-state index in [-0.39, 0.29) is 17.2 Å². The maximum absolute atomic E-state index is 12.0. The SMILES string of the molecule is COc1cccc(-n2cnnc2S[C@H](C)C(=O)NC(C)C)c1. The monoisotopic (exact) mass is 320 g/mol. The van der Waals surface area contributed by atoms with Crippen molar-refractivity contribution in [2.75, 3.05) is 7.11 Å². The summed E-state index contributed by atoms with van der Waals surface area (Å²) in [6.07, 6.45) is 1.63. The fourth-order valence-electron chi connectivity index (χ4n) is 1.86. The number of nitrogens with one attached hydrogen (secondary N) is 1. The van der Waals surface area contributed by atoms with Gasteiger partial charge in [-0.2, -0.15) is 0 Å². The largest absolute Gasteiger partial charge is 0.497 e. The Balaban J connectivity index is 2.17. The van der Waals surface area contributed by atoms with Gasteiger partial charge in [0, 0.05) is 12.1 Å². The average molecular weight is 320 g/mol. The van der Waals surface area contributed by atoms with Crippen LogP contribution in [0, 0.1) is 0 Å². The molecule has 0 radical (unpaired) electrons. The number of methoxy groups -OCH3 is 1. The zero-order valence-electron chi connectivity index (χ0n) is 13.1. The van der Waals surface area contributed by atoms with Crippen LogP contribution in [-0.4, -0.2) is 39.1 Å². The smallest absolute Gasteiger partial charge is 0.233 e. The Kier molecular flexibility index (Phi) is 5.43. The molecule has 0 unspecified atom stereocenters. The molecule has 7 heteroatoms. The van der Waals surface area contributed by atoms with Crippen molar-refractivity contribution in [2.45, 2.75) is 37.2 Å². The molecule has 0 bridgehead atoms. The van der Waals surface area contributed by atoms with E-state index in [1.807, 2.05) is 49.6 Å². The minimum atomic E-state index is -0.254. The van der Waals surface area contributed by atoms with Crippen LogP contribution < -0.4 is 10.1 Å². The van der Waals surface area contributed by atoms with E-state index in [4.69, 9.17) is 4.74 Å². The Labute approximate surface area is 134 Å². The van der Waals surface area contributed by atoms with E-state index < -0.39 is 0 Å². The first-order valence-electron chi connectivity index (χ1n) is 7.02. The standard InChI is InChI=1S/C15H20N4O2S/c1-10(2)17-14(20)11(3)22-15-18-16-9-19(15)12-6-5-7-13(8-12)21-4/h5-11H,1-4H3,(H,17,20)/t11-/m1/s1. The van der Waals surface area contributed by atoms with Gasteiger partial charge in [0.05, 0.1) is 18.0 Å². The molecule has 0 fully saturated rings. The summed E-state index contributed by atoms with van der Waals surface area (Å²) < 4.78 is 7.07. The fraction of sp³-hybridized carbons (Fsp3) is 0.400. The molecule has 2 aromatic rings. The molecule has 1 N–H and O–H groups in total. The van der Waals surface area contributed by atoms with Gasteiger partial charge in [-0.3, -0.25) is 9.36 Å². The van der Waals surface area contributed by atoms with Crippen LogP contribution >= 0.6 is 11.8 Å². The van der Waals surface area contributed by atoms with Gasteiger partial charge in [0.25, 0.3) is 0 Å². The Bertz CT molecular complexity index is 642. The molecule has 6 nitrogen and oxygen atoms in total. The fourth-order valence-corrected chi connectivity index (χ4v) is 2.71. The number of ether oxygens (including phenoxy) is 1. The number of aromatic nitrogens is 3. The molecule has 1 atom stereocenters.